The molecule has 248 valence electrons. The Morgan fingerprint density at radius 3 is 2.00 bits per heavy atom. The van der Waals surface area contributed by atoms with Gasteiger partial charge in [0, 0.05) is 49.9 Å². The van der Waals surface area contributed by atoms with Crippen molar-refractivity contribution in [1.29, 1.82) is 0 Å². The molecule has 1 heterocycles. The van der Waals surface area contributed by atoms with E-state index in [9.17, 15) is 9.59 Å². The van der Waals surface area contributed by atoms with Crippen molar-refractivity contribution in [2.24, 2.45) is 0 Å². The number of rotatable bonds is 5. The fraction of sp³-hybridized carbons (Fsp3) is 0.436. The topological polar surface area (TPSA) is 71.1 Å². The molecule has 2 aliphatic rings. The molecule has 1 fully saturated rings. The molecule has 0 aromatic heterocycles. The van der Waals surface area contributed by atoms with Gasteiger partial charge in [0.15, 0.2) is 0 Å². The van der Waals surface area contributed by atoms with E-state index in [0.717, 1.165) is 33.5 Å². The van der Waals surface area contributed by atoms with Crippen LogP contribution in [-0.4, -0.2) is 63.5 Å². The highest BCUT2D eigenvalue weighted by molar-refractivity contribution is 6.83. The predicted molar refractivity (Wildman–Crippen MR) is 193 cm³/mol. The van der Waals surface area contributed by atoms with Gasteiger partial charge in [0.2, 0.25) is 0 Å². The van der Waals surface area contributed by atoms with E-state index in [1.54, 1.807) is 4.90 Å². The smallest absolute Gasteiger partial charge is 0.410 e. The first-order valence-corrected chi connectivity index (χ1v) is 20.1. The van der Waals surface area contributed by atoms with Crippen LogP contribution in [0.3, 0.4) is 0 Å². The molecule has 0 atom stereocenters. The third-order valence-electron chi connectivity index (χ3n) is 8.93. The number of nitrogens with one attached hydrogen (secondary N) is 1. The molecule has 3 aromatic carbocycles. The molecular weight excluding hydrogens is 603 g/mol. The third-order valence-corrected chi connectivity index (χ3v) is 9.80. The molecule has 1 N–H and O–H groups in total. The van der Waals surface area contributed by atoms with Crippen molar-refractivity contribution in [3.63, 3.8) is 0 Å². The maximum Gasteiger partial charge on any atom is 0.410 e. The lowest BCUT2D eigenvalue weighted by Gasteiger charge is -2.39. The van der Waals surface area contributed by atoms with Crippen molar-refractivity contribution in [2.75, 3.05) is 37.7 Å². The number of carbonyl (C=O) groups is 2. The Morgan fingerprint density at radius 1 is 0.872 bits per heavy atom. The molecule has 8 heteroatoms. The second-order valence-corrected chi connectivity index (χ2v) is 19.5. The average Bonchev–Trinajstić information content (AvgIpc) is 3.32. The van der Waals surface area contributed by atoms with Gasteiger partial charge in [0.05, 0.1) is 0 Å². The van der Waals surface area contributed by atoms with Gasteiger partial charge in [0.25, 0.3) is 0 Å². The van der Waals surface area contributed by atoms with E-state index >= 15 is 0 Å². The fourth-order valence-corrected chi connectivity index (χ4v) is 7.18. The first-order valence-electron chi connectivity index (χ1n) is 16.6. The molecule has 0 spiro atoms. The van der Waals surface area contributed by atoms with Crippen molar-refractivity contribution in [1.82, 2.24) is 10.2 Å². The number of hydrogen-bond acceptors (Lipinski definition) is 5. The van der Waals surface area contributed by atoms with Gasteiger partial charge in [-0.25, -0.2) is 9.59 Å². The van der Waals surface area contributed by atoms with Crippen LogP contribution >= 0.6 is 0 Å². The van der Waals surface area contributed by atoms with Crippen LogP contribution in [0.1, 0.15) is 65.6 Å². The molecule has 2 amide bonds. The first kappa shape index (κ1) is 34.1. The molecule has 47 heavy (non-hydrogen) atoms. The van der Waals surface area contributed by atoms with Crippen LogP contribution in [0.4, 0.5) is 15.3 Å². The van der Waals surface area contributed by atoms with Gasteiger partial charge in [-0.1, -0.05) is 74.1 Å². The van der Waals surface area contributed by atoms with Gasteiger partial charge < -0.3 is 24.6 Å². The second kappa shape index (κ2) is 13.5. The van der Waals surface area contributed by atoms with Gasteiger partial charge in [0.1, 0.15) is 20.3 Å². The Balaban J connectivity index is 1.35. The molecule has 1 aliphatic carbocycles. The maximum atomic E-state index is 13.2. The SMILES string of the molecule is Cc1c(C#C[Si](C)(C)C)c(C)c(N2CCN(C(=O)OC(C)(C)C)CC2)c(C)c1CNC(=O)OCC1c2ccccc2-c2ccccc21. The Morgan fingerprint density at radius 2 is 1.45 bits per heavy atom. The van der Waals surface area contributed by atoms with Crippen molar-refractivity contribution in [2.45, 2.75) is 79.2 Å². The first-order chi connectivity index (χ1) is 22.1. The molecule has 5 rings (SSSR count). The van der Waals surface area contributed by atoms with E-state index in [-0.39, 0.29) is 18.6 Å². The summed E-state index contributed by atoms with van der Waals surface area (Å²) in [4.78, 5) is 30.1. The van der Waals surface area contributed by atoms with E-state index in [1.807, 2.05) is 32.9 Å². The van der Waals surface area contributed by atoms with Crippen molar-refractivity contribution in [3.8, 4) is 22.6 Å². The van der Waals surface area contributed by atoms with Crippen LogP contribution < -0.4 is 10.2 Å². The Labute approximate surface area is 281 Å². The molecule has 3 aromatic rings. The van der Waals surface area contributed by atoms with Crippen LogP contribution in [0, 0.1) is 32.2 Å². The summed E-state index contributed by atoms with van der Waals surface area (Å²) in [5.41, 5.74) is 14.4. The molecule has 7 nitrogen and oxygen atoms in total. The van der Waals surface area contributed by atoms with Gasteiger partial charge >= 0.3 is 12.2 Å². The second-order valence-electron chi connectivity index (χ2n) is 14.7. The number of hydrogen-bond donors (Lipinski definition) is 1. The molecule has 1 aliphatic heterocycles. The molecule has 1 saturated heterocycles. The van der Waals surface area contributed by atoms with Crippen LogP contribution in [0.25, 0.3) is 11.1 Å². The predicted octanol–water partition coefficient (Wildman–Crippen LogP) is 7.94. The fourth-order valence-electron chi connectivity index (χ4n) is 6.68. The van der Waals surface area contributed by atoms with Gasteiger partial charge in [-0.15, -0.1) is 5.54 Å². The zero-order chi connectivity index (χ0) is 34.1. The number of piperazine rings is 1. The number of nitrogens with zero attached hydrogens (tertiary/aromatic N) is 2. The van der Waals surface area contributed by atoms with E-state index in [4.69, 9.17) is 9.47 Å². The Hall–Kier alpha value is -4.22. The normalized spacial score (nSPS) is 14.6. The summed E-state index contributed by atoms with van der Waals surface area (Å²) >= 11 is 0. The number of ether oxygens (including phenoxy) is 2. The van der Waals surface area contributed by atoms with E-state index in [1.165, 1.54) is 22.3 Å². The number of alkyl carbamates (subject to hydrolysis) is 1. The number of anilines is 1. The van der Waals surface area contributed by atoms with Crippen molar-refractivity contribution in [3.05, 3.63) is 87.5 Å². The van der Waals surface area contributed by atoms with Gasteiger partial charge in [-0.2, -0.15) is 0 Å². The number of fused-ring (bicyclic) bond motifs is 3. The minimum Gasteiger partial charge on any atom is -0.449 e. The standard InChI is InChI=1S/C39H49N3O4Si/c1-26-29(18-23-47(7,8)9)27(2)36(41-19-21-42(22-20-41)38(44)46-39(4,5)6)28(3)34(26)24-40-37(43)45-25-35-32-16-12-10-14-30(32)31-15-11-13-17-33(31)35/h10-17,35H,19-22,24-25H2,1-9H3,(H,40,43). The summed E-state index contributed by atoms with van der Waals surface area (Å²) in [5, 5.41) is 3.06. The van der Waals surface area contributed by atoms with Gasteiger partial charge in [-0.3, -0.25) is 0 Å². The average molecular weight is 652 g/mol. The molecule has 0 saturated carbocycles. The highest BCUT2D eigenvalue weighted by Crippen LogP contribution is 2.44. The summed E-state index contributed by atoms with van der Waals surface area (Å²) in [6, 6.07) is 16.7. The lowest BCUT2D eigenvalue weighted by molar-refractivity contribution is 0.0240. The van der Waals surface area contributed by atoms with Crippen LogP contribution in [0.5, 0.6) is 0 Å². The van der Waals surface area contributed by atoms with Crippen molar-refractivity contribution >= 4 is 25.9 Å². The quantitative estimate of drug-likeness (QED) is 0.224. The van der Waals surface area contributed by atoms with E-state index < -0.39 is 19.8 Å². The largest absolute Gasteiger partial charge is 0.449 e. The number of amides is 2. The van der Waals surface area contributed by atoms with Gasteiger partial charge in [-0.05, 0) is 86.1 Å². The maximum absolute atomic E-state index is 13.2. The van der Waals surface area contributed by atoms with Crippen LogP contribution in [0.15, 0.2) is 48.5 Å². The summed E-state index contributed by atoms with van der Waals surface area (Å²) < 4.78 is 11.5. The number of benzene rings is 3. The van der Waals surface area contributed by atoms with E-state index in [0.29, 0.717) is 32.7 Å². The summed E-state index contributed by atoms with van der Waals surface area (Å²) in [5.74, 6) is 3.55. The monoisotopic (exact) mass is 651 g/mol. The Bertz CT molecular complexity index is 1690. The molecular formula is C39H49N3O4Si. The van der Waals surface area contributed by atoms with E-state index in [2.05, 4.69) is 98.5 Å². The number of carbonyl (C=O) groups excluding carboxylic acids is 2. The highest BCUT2D eigenvalue weighted by atomic mass is 28.3. The lowest BCUT2D eigenvalue weighted by Crippen LogP contribution is -2.50. The lowest BCUT2D eigenvalue weighted by atomic mass is 9.90. The zero-order valence-corrected chi connectivity index (χ0v) is 30.5. The minimum atomic E-state index is -1.65. The Kier molecular flexibility index (Phi) is 9.79. The summed E-state index contributed by atoms with van der Waals surface area (Å²) in [6.45, 7) is 21.9. The van der Waals surface area contributed by atoms with Crippen LogP contribution in [0.2, 0.25) is 19.6 Å². The zero-order valence-electron chi connectivity index (χ0n) is 29.5. The molecule has 0 unspecified atom stereocenters. The molecule has 0 radical (unpaired) electrons. The molecule has 0 bridgehead atoms. The minimum absolute atomic E-state index is 0.00499. The summed E-state index contributed by atoms with van der Waals surface area (Å²) in [6.07, 6.45) is -0.710. The van der Waals surface area contributed by atoms with Crippen LogP contribution in [-0.2, 0) is 16.0 Å². The third kappa shape index (κ3) is 7.68. The summed E-state index contributed by atoms with van der Waals surface area (Å²) in [7, 11) is -1.65. The highest BCUT2D eigenvalue weighted by Gasteiger charge is 2.30. The van der Waals surface area contributed by atoms with Crippen molar-refractivity contribution < 1.29 is 19.1 Å².